The van der Waals surface area contributed by atoms with Crippen molar-refractivity contribution in [2.75, 3.05) is 5.32 Å². The average molecular weight is 552 g/mol. The Hall–Kier alpha value is -2.91. The van der Waals surface area contributed by atoms with E-state index >= 15 is 0 Å². The maximum absolute atomic E-state index is 12.6. The van der Waals surface area contributed by atoms with Gasteiger partial charge < -0.3 is 10.6 Å². The third-order valence-electron chi connectivity index (χ3n) is 4.64. The summed E-state index contributed by atoms with van der Waals surface area (Å²) in [6, 6.07) is 16.9. The molecule has 33 heavy (non-hydrogen) atoms. The number of carbonyl (C=O) groups excluding carboxylic acids is 3. The molecule has 2 amide bonds. The van der Waals surface area contributed by atoms with Crippen molar-refractivity contribution in [3.63, 3.8) is 0 Å². The zero-order valence-corrected chi connectivity index (χ0v) is 19.9. The molecule has 3 aromatic rings. The number of amides is 2. The summed E-state index contributed by atoms with van der Waals surface area (Å²) in [5, 5.41) is 14.5. The van der Waals surface area contributed by atoms with E-state index in [0.29, 0.717) is 21.3 Å². The van der Waals surface area contributed by atoms with Crippen molar-refractivity contribution in [2.24, 2.45) is 0 Å². The monoisotopic (exact) mass is 550 g/mol. The van der Waals surface area contributed by atoms with Crippen LogP contribution in [0.15, 0.2) is 71.2 Å². The van der Waals surface area contributed by atoms with E-state index in [0.717, 1.165) is 0 Å². The Morgan fingerprint density at radius 1 is 0.909 bits per heavy atom. The average Bonchev–Trinajstić information content (AvgIpc) is 2.79. The minimum Gasteiger partial charge on any atom is -0.338 e. The van der Waals surface area contributed by atoms with Gasteiger partial charge in [0, 0.05) is 16.6 Å². The van der Waals surface area contributed by atoms with Crippen LogP contribution in [0.4, 0.5) is 5.69 Å². The highest BCUT2D eigenvalue weighted by Crippen LogP contribution is 2.25. The fraction of sp³-hybridized carbons (Fsp3) is 0.0870. The SMILES string of the molecule is O=C(NC(Cc1ccc(NC(=O)c2c(Cl)cccc2Cl)cc1)C(=O)OO)c1ccccc1Br. The third-order valence-corrected chi connectivity index (χ3v) is 5.96. The summed E-state index contributed by atoms with van der Waals surface area (Å²) in [7, 11) is 0. The van der Waals surface area contributed by atoms with Crippen LogP contribution in [-0.4, -0.2) is 29.1 Å². The van der Waals surface area contributed by atoms with Crippen LogP contribution in [0.5, 0.6) is 0 Å². The first-order valence-electron chi connectivity index (χ1n) is 9.55. The molecule has 0 fully saturated rings. The predicted molar refractivity (Wildman–Crippen MR) is 129 cm³/mol. The Morgan fingerprint density at radius 2 is 1.55 bits per heavy atom. The van der Waals surface area contributed by atoms with Gasteiger partial charge in [0.25, 0.3) is 11.8 Å². The number of hydrogen-bond acceptors (Lipinski definition) is 5. The maximum Gasteiger partial charge on any atom is 0.364 e. The first-order chi connectivity index (χ1) is 15.8. The summed E-state index contributed by atoms with van der Waals surface area (Å²) in [6.07, 6.45) is 0.0418. The van der Waals surface area contributed by atoms with Crippen molar-refractivity contribution >= 4 is 62.6 Å². The van der Waals surface area contributed by atoms with E-state index < -0.39 is 23.8 Å². The standard InChI is InChI=1S/C23H17BrCl2N2O5/c24-16-5-2-1-4-15(16)21(29)28-19(23(31)33-32)12-13-8-10-14(11-9-13)27-22(30)20-17(25)6-3-7-18(20)26/h1-11,19,32H,12H2,(H,27,30)(H,28,29). The lowest BCUT2D eigenvalue weighted by Gasteiger charge is -2.16. The summed E-state index contributed by atoms with van der Waals surface area (Å²) >= 11 is 15.4. The second-order valence-corrected chi connectivity index (χ2v) is 8.54. The van der Waals surface area contributed by atoms with Crippen molar-refractivity contribution in [1.82, 2.24) is 5.32 Å². The van der Waals surface area contributed by atoms with E-state index in [9.17, 15) is 14.4 Å². The number of halogens is 3. The van der Waals surface area contributed by atoms with Gasteiger partial charge in [0.05, 0.1) is 21.2 Å². The predicted octanol–water partition coefficient (Wildman–Crippen LogP) is 5.37. The minimum absolute atomic E-state index is 0.0418. The summed E-state index contributed by atoms with van der Waals surface area (Å²) in [6.45, 7) is 0. The fourth-order valence-electron chi connectivity index (χ4n) is 3.01. The third kappa shape index (κ3) is 6.33. The van der Waals surface area contributed by atoms with E-state index in [1.807, 2.05) is 0 Å². The van der Waals surface area contributed by atoms with Crippen LogP contribution in [0.3, 0.4) is 0 Å². The number of rotatable bonds is 7. The Kier molecular flexibility index (Phi) is 8.46. The molecule has 7 nitrogen and oxygen atoms in total. The molecule has 0 aliphatic heterocycles. The van der Waals surface area contributed by atoms with Crippen LogP contribution in [0.2, 0.25) is 10.0 Å². The normalized spacial score (nSPS) is 11.4. The molecule has 0 spiro atoms. The van der Waals surface area contributed by atoms with Crippen molar-refractivity contribution in [3.8, 4) is 0 Å². The number of nitrogens with one attached hydrogen (secondary N) is 2. The van der Waals surface area contributed by atoms with Crippen LogP contribution in [0.25, 0.3) is 0 Å². The molecule has 3 N–H and O–H groups in total. The Balaban J connectivity index is 1.70. The maximum atomic E-state index is 12.6. The minimum atomic E-state index is -1.14. The lowest BCUT2D eigenvalue weighted by molar-refractivity contribution is -0.236. The highest BCUT2D eigenvalue weighted by Gasteiger charge is 2.24. The lowest BCUT2D eigenvalue weighted by Crippen LogP contribution is -2.43. The molecule has 170 valence electrons. The molecule has 0 aliphatic carbocycles. The fourth-order valence-corrected chi connectivity index (χ4v) is 4.04. The van der Waals surface area contributed by atoms with Crippen molar-refractivity contribution < 1.29 is 24.5 Å². The molecule has 0 radical (unpaired) electrons. The van der Waals surface area contributed by atoms with Gasteiger partial charge in [-0.15, -0.1) is 0 Å². The summed E-state index contributed by atoms with van der Waals surface area (Å²) in [5.41, 5.74) is 1.60. The first kappa shape index (κ1) is 24.7. The lowest BCUT2D eigenvalue weighted by atomic mass is 10.0. The second-order valence-electron chi connectivity index (χ2n) is 6.87. The molecule has 0 aliphatic rings. The molecule has 0 heterocycles. The molecular weight excluding hydrogens is 535 g/mol. The Bertz CT molecular complexity index is 1170. The first-order valence-corrected chi connectivity index (χ1v) is 11.1. The summed E-state index contributed by atoms with van der Waals surface area (Å²) < 4.78 is 0.553. The van der Waals surface area contributed by atoms with Gasteiger partial charge in [-0.3, -0.25) is 14.5 Å². The summed E-state index contributed by atoms with van der Waals surface area (Å²) in [5.74, 6) is -2.00. The van der Waals surface area contributed by atoms with E-state index in [2.05, 4.69) is 31.5 Å². The molecule has 3 rings (SSSR count). The van der Waals surface area contributed by atoms with E-state index in [4.69, 9.17) is 28.5 Å². The van der Waals surface area contributed by atoms with E-state index in [1.165, 1.54) is 0 Å². The topological polar surface area (TPSA) is 105 Å². The largest absolute Gasteiger partial charge is 0.364 e. The van der Waals surface area contributed by atoms with Gasteiger partial charge in [0.2, 0.25) is 0 Å². The highest BCUT2D eigenvalue weighted by molar-refractivity contribution is 9.10. The molecule has 0 saturated heterocycles. The van der Waals surface area contributed by atoms with Gasteiger partial charge in [-0.2, -0.15) is 5.26 Å². The smallest absolute Gasteiger partial charge is 0.338 e. The quantitative estimate of drug-likeness (QED) is 0.270. The molecule has 0 aromatic heterocycles. The molecule has 0 bridgehead atoms. The second kappa shape index (κ2) is 11.3. The molecule has 3 aromatic carbocycles. The van der Waals surface area contributed by atoms with Crippen LogP contribution in [-0.2, 0) is 16.1 Å². The van der Waals surface area contributed by atoms with Gasteiger partial charge in [0.1, 0.15) is 6.04 Å². The molecule has 1 atom stereocenters. The molecule has 0 saturated carbocycles. The number of anilines is 1. The van der Waals surface area contributed by atoms with E-state index in [-0.39, 0.29) is 22.0 Å². The number of carbonyl (C=O) groups is 3. The van der Waals surface area contributed by atoms with Gasteiger partial charge in [-0.25, -0.2) is 4.79 Å². The molecule has 10 heteroatoms. The van der Waals surface area contributed by atoms with E-state index in [1.54, 1.807) is 66.7 Å². The summed E-state index contributed by atoms with van der Waals surface area (Å²) in [4.78, 5) is 40.9. The highest BCUT2D eigenvalue weighted by atomic mass is 79.9. The Morgan fingerprint density at radius 3 is 2.15 bits per heavy atom. The van der Waals surface area contributed by atoms with Crippen molar-refractivity contribution in [2.45, 2.75) is 12.5 Å². The van der Waals surface area contributed by atoms with Crippen LogP contribution >= 0.6 is 39.1 Å². The van der Waals surface area contributed by atoms with Gasteiger partial charge >= 0.3 is 5.97 Å². The molecular formula is C23H17BrCl2N2O5. The number of hydrogen-bond donors (Lipinski definition) is 3. The van der Waals surface area contributed by atoms with Crippen LogP contribution < -0.4 is 10.6 Å². The van der Waals surface area contributed by atoms with Crippen molar-refractivity contribution in [3.05, 3.63) is 97.9 Å². The van der Waals surface area contributed by atoms with Crippen molar-refractivity contribution in [1.29, 1.82) is 0 Å². The number of benzene rings is 3. The van der Waals surface area contributed by atoms with Gasteiger partial charge in [0.15, 0.2) is 0 Å². The van der Waals surface area contributed by atoms with Gasteiger partial charge in [-0.1, -0.05) is 53.5 Å². The molecule has 1 unspecified atom stereocenters. The van der Waals surface area contributed by atoms with Crippen LogP contribution in [0, 0.1) is 0 Å². The zero-order valence-electron chi connectivity index (χ0n) is 16.8. The zero-order chi connectivity index (χ0) is 24.0. The van der Waals surface area contributed by atoms with Crippen LogP contribution in [0.1, 0.15) is 26.3 Å². The van der Waals surface area contributed by atoms with Gasteiger partial charge in [-0.05, 0) is 57.9 Å². The Labute approximate surface area is 207 Å².